The van der Waals surface area contributed by atoms with Crippen LogP contribution in [-0.2, 0) is 0 Å². The van der Waals surface area contributed by atoms with E-state index in [1.807, 2.05) is 0 Å². The van der Waals surface area contributed by atoms with Crippen LogP contribution in [0.2, 0.25) is 5.02 Å². The summed E-state index contributed by atoms with van der Waals surface area (Å²) in [5, 5.41) is 14.4. The number of halogens is 5. The molecule has 146 valence electrons. The average Bonchev–Trinajstić information content (AvgIpc) is 2.61. The van der Waals surface area contributed by atoms with Gasteiger partial charge in [0.05, 0.1) is 16.8 Å². The Morgan fingerprint density at radius 1 is 1.33 bits per heavy atom. The summed E-state index contributed by atoms with van der Waals surface area (Å²) in [5.74, 6) is -1.13. The first-order valence-electron chi connectivity index (χ1n) is 7.48. The minimum atomic E-state index is -4.52. The van der Waals surface area contributed by atoms with Gasteiger partial charge in [0.15, 0.2) is 12.4 Å². The number of aromatic nitrogens is 1. The molecule has 11 heteroatoms. The van der Waals surface area contributed by atoms with Crippen LogP contribution in [-0.4, -0.2) is 35.4 Å². The number of aliphatic hydroxyl groups excluding tert-OH is 1. The van der Waals surface area contributed by atoms with Crippen LogP contribution in [0.15, 0.2) is 36.5 Å². The van der Waals surface area contributed by atoms with Crippen molar-refractivity contribution >= 4 is 23.3 Å². The van der Waals surface area contributed by atoms with Gasteiger partial charge in [-0.05, 0) is 23.8 Å². The van der Waals surface area contributed by atoms with Crippen molar-refractivity contribution in [1.82, 2.24) is 10.3 Å². The predicted octanol–water partition coefficient (Wildman–Crippen LogP) is 3.67. The first kappa shape index (κ1) is 20.7. The second-order valence-electron chi connectivity index (χ2n) is 5.28. The lowest BCUT2D eigenvalue weighted by atomic mass is 10.1. The van der Waals surface area contributed by atoms with Gasteiger partial charge in [-0.3, -0.25) is 0 Å². The molecule has 2 aromatic rings. The highest BCUT2D eigenvalue weighted by molar-refractivity contribution is 6.31. The fraction of sp³-hybridized carbons (Fsp3) is 0.250. The fourth-order valence-electron chi connectivity index (χ4n) is 1.94. The van der Waals surface area contributed by atoms with Gasteiger partial charge in [0, 0.05) is 18.8 Å². The van der Waals surface area contributed by atoms with Gasteiger partial charge in [-0.25, -0.2) is 14.2 Å². The predicted molar refractivity (Wildman–Crippen MR) is 89.2 cm³/mol. The third-order valence-corrected chi connectivity index (χ3v) is 3.48. The molecule has 0 aliphatic carbocycles. The molecule has 0 radical (unpaired) electrons. The van der Waals surface area contributed by atoms with Gasteiger partial charge in [-0.2, -0.15) is 13.2 Å². The summed E-state index contributed by atoms with van der Waals surface area (Å²) < 4.78 is 54.6. The summed E-state index contributed by atoms with van der Waals surface area (Å²) in [6.45, 7) is -1.82. The average molecular weight is 408 g/mol. The number of anilines is 1. The quantitative estimate of drug-likeness (QED) is 0.638. The molecule has 1 atom stereocenters. The molecule has 2 amide bonds. The number of urea groups is 1. The van der Waals surface area contributed by atoms with E-state index in [2.05, 4.69) is 20.4 Å². The Kier molecular flexibility index (Phi) is 6.81. The molecule has 0 unspecified atom stereocenters. The van der Waals surface area contributed by atoms with E-state index < -0.39 is 30.7 Å². The van der Waals surface area contributed by atoms with Crippen LogP contribution in [0.25, 0.3) is 0 Å². The number of nitrogens with zero attached hydrogens (tertiary/aromatic N) is 1. The normalized spacial score (nSPS) is 12.4. The first-order chi connectivity index (χ1) is 12.7. The van der Waals surface area contributed by atoms with Gasteiger partial charge in [0.25, 0.3) is 0 Å². The molecule has 1 aromatic heterocycles. The minimum absolute atomic E-state index is 0.152. The largest absolute Gasteiger partial charge is 0.468 e. The van der Waals surface area contributed by atoms with Crippen LogP contribution < -0.4 is 15.4 Å². The number of nitrogens with one attached hydrogen (secondary N) is 2. The number of alkyl halides is 3. The Balaban J connectivity index is 1.90. The Morgan fingerprint density at radius 2 is 2.07 bits per heavy atom. The maximum atomic E-state index is 13.7. The molecule has 0 fully saturated rings. The van der Waals surface area contributed by atoms with Gasteiger partial charge in [0.1, 0.15) is 0 Å². The smallest absolute Gasteiger partial charge is 0.422 e. The van der Waals surface area contributed by atoms with Crippen molar-refractivity contribution in [2.75, 3.05) is 18.5 Å². The monoisotopic (exact) mass is 407 g/mol. The lowest BCUT2D eigenvalue weighted by Gasteiger charge is -2.14. The van der Waals surface area contributed by atoms with E-state index in [-0.39, 0.29) is 28.7 Å². The summed E-state index contributed by atoms with van der Waals surface area (Å²) in [6.07, 6.45) is -4.62. The van der Waals surface area contributed by atoms with Crippen molar-refractivity contribution < 1.29 is 32.2 Å². The van der Waals surface area contributed by atoms with Crippen molar-refractivity contribution in [1.29, 1.82) is 0 Å². The molecule has 27 heavy (non-hydrogen) atoms. The number of hydrogen-bond acceptors (Lipinski definition) is 4. The molecule has 0 aliphatic heterocycles. The SMILES string of the molecule is O=C(NC[C@@H](O)c1ccnc(OCC(F)(F)F)c1)Nc1cccc(Cl)c1F. The van der Waals surface area contributed by atoms with Gasteiger partial charge in [-0.15, -0.1) is 0 Å². The molecule has 1 heterocycles. The summed E-state index contributed by atoms with van der Waals surface area (Å²) in [4.78, 5) is 15.4. The number of carbonyl (C=O) groups is 1. The third-order valence-electron chi connectivity index (χ3n) is 3.18. The number of aliphatic hydroxyl groups is 1. The van der Waals surface area contributed by atoms with Crippen molar-refractivity contribution in [3.05, 3.63) is 52.9 Å². The van der Waals surface area contributed by atoms with E-state index in [9.17, 15) is 27.5 Å². The molecule has 2 rings (SSSR count). The standard InChI is InChI=1S/C16H14ClF4N3O3/c17-10-2-1-3-11(14(10)18)24-15(26)23-7-12(25)9-4-5-22-13(6-9)27-8-16(19,20)21/h1-6,12,25H,7-8H2,(H2,23,24,26)/t12-/m1/s1. The van der Waals surface area contributed by atoms with Gasteiger partial charge in [-0.1, -0.05) is 17.7 Å². The van der Waals surface area contributed by atoms with Crippen molar-refractivity contribution in [3.63, 3.8) is 0 Å². The van der Waals surface area contributed by atoms with Crippen molar-refractivity contribution in [2.45, 2.75) is 12.3 Å². The summed E-state index contributed by atoms with van der Waals surface area (Å²) >= 11 is 5.60. The highest BCUT2D eigenvalue weighted by Gasteiger charge is 2.28. The summed E-state index contributed by atoms with van der Waals surface area (Å²) in [7, 11) is 0. The summed E-state index contributed by atoms with van der Waals surface area (Å²) in [5.41, 5.74) is 0.0256. The van der Waals surface area contributed by atoms with Crippen LogP contribution in [0, 0.1) is 5.82 Å². The number of benzene rings is 1. The Hall–Kier alpha value is -2.59. The number of carbonyl (C=O) groups excluding carboxylic acids is 1. The van der Waals surface area contributed by atoms with Gasteiger partial charge in [0.2, 0.25) is 5.88 Å². The molecule has 1 aromatic carbocycles. The van der Waals surface area contributed by atoms with E-state index in [4.69, 9.17) is 11.6 Å². The molecule has 0 spiro atoms. The minimum Gasteiger partial charge on any atom is -0.468 e. The van der Waals surface area contributed by atoms with Crippen molar-refractivity contribution in [2.24, 2.45) is 0 Å². The van der Waals surface area contributed by atoms with Crippen LogP contribution in [0.5, 0.6) is 5.88 Å². The third kappa shape index (κ3) is 6.57. The van der Waals surface area contributed by atoms with Crippen LogP contribution in [0.1, 0.15) is 11.7 Å². The second-order valence-corrected chi connectivity index (χ2v) is 5.69. The first-order valence-corrected chi connectivity index (χ1v) is 7.86. The van der Waals surface area contributed by atoms with Crippen molar-refractivity contribution in [3.8, 4) is 5.88 Å². The molecule has 0 bridgehead atoms. The zero-order valence-corrected chi connectivity index (χ0v) is 14.3. The maximum absolute atomic E-state index is 13.7. The van der Waals surface area contributed by atoms with E-state index in [1.54, 1.807) is 0 Å². The van der Waals surface area contributed by atoms with Crippen LogP contribution in [0.4, 0.5) is 28.0 Å². The fourth-order valence-corrected chi connectivity index (χ4v) is 2.12. The molecular formula is C16H14ClF4N3O3. The highest BCUT2D eigenvalue weighted by atomic mass is 35.5. The molecule has 0 saturated carbocycles. The Bertz CT molecular complexity index is 805. The van der Waals surface area contributed by atoms with E-state index in [0.717, 1.165) is 12.3 Å². The zero-order valence-electron chi connectivity index (χ0n) is 13.6. The highest BCUT2D eigenvalue weighted by Crippen LogP contribution is 2.22. The van der Waals surface area contributed by atoms with E-state index in [1.165, 1.54) is 24.3 Å². The Labute approximate surface area is 156 Å². The number of rotatable bonds is 6. The Morgan fingerprint density at radius 3 is 2.78 bits per heavy atom. The van der Waals surface area contributed by atoms with Gasteiger partial charge >= 0.3 is 12.2 Å². The number of ether oxygens (including phenoxy) is 1. The lowest BCUT2D eigenvalue weighted by Crippen LogP contribution is -2.32. The topological polar surface area (TPSA) is 83.5 Å². The maximum Gasteiger partial charge on any atom is 0.422 e. The molecule has 6 nitrogen and oxygen atoms in total. The summed E-state index contributed by atoms with van der Waals surface area (Å²) in [6, 6.07) is 5.71. The van der Waals surface area contributed by atoms with Gasteiger partial charge < -0.3 is 20.5 Å². The molecular weight excluding hydrogens is 394 g/mol. The second kappa shape index (κ2) is 8.87. The van der Waals surface area contributed by atoms with E-state index >= 15 is 0 Å². The zero-order chi connectivity index (χ0) is 20.0. The lowest BCUT2D eigenvalue weighted by molar-refractivity contribution is -0.154. The van der Waals surface area contributed by atoms with E-state index in [0.29, 0.717) is 0 Å². The molecule has 0 aliphatic rings. The number of pyridine rings is 1. The number of hydrogen-bond donors (Lipinski definition) is 3. The van der Waals surface area contributed by atoms with Crippen LogP contribution >= 0.6 is 11.6 Å². The molecule has 3 N–H and O–H groups in total. The molecule has 0 saturated heterocycles. The van der Waals surface area contributed by atoms with Crippen LogP contribution in [0.3, 0.4) is 0 Å². The number of amides is 2.